The summed E-state index contributed by atoms with van der Waals surface area (Å²) in [5.74, 6) is 0.00872. The van der Waals surface area contributed by atoms with E-state index in [0.717, 1.165) is 0 Å². The molecule has 5 nitrogen and oxygen atoms in total. The van der Waals surface area contributed by atoms with Gasteiger partial charge in [0, 0.05) is 42.2 Å². The minimum atomic E-state index is -0.198. The van der Waals surface area contributed by atoms with Gasteiger partial charge in [0.1, 0.15) is 5.75 Å². The van der Waals surface area contributed by atoms with Crippen molar-refractivity contribution >= 4 is 23.4 Å². The summed E-state index contributed by atoms with van der Waals surface area (Å²) in [4.78, 5) is 25.7. The highest BCUT2D eigenvalue weighted by atomic mass is 35.5. The van der Waals surface area contributed by atoms with Gasteiger partial charge in [-0.05, 0) is 42.3 Å². The molecule has 130 valence electrons. The first-order valence-electron chi connectivity index (χ1n) is 8.08. The van der Waals surface area contributed by atoms with Crippen LogP contribution >= 0.6 is 11.6 Å². The zero-order chi connectivity index (χ0) is 18.0. The second-order valence-electron chi connectivity index (χ2n) is 6.23. The van der Waals surface area contributed by atoms with E-state index in [0.29, 0.717) is 41.1 Å². The third-order valence-electron chi connectivity index (χ3n) is 4.36. The summed E-state index contributed by atoms with van der Waals surface area (Å²) < 4.78 is 0. The predicted molar refractivity (Wildman–Crippen MR) is 96.7 cm³/mol. The highest BCUT2D eigenvalue weighted by Gasteiger charge is 2.24. The molecule has 2 aromatic rings. The SMILES string of the molecule is CN1CC(NC(=O)c2cccc(-c3cc(Cl)ccc3O)c2)CCC1=O. The maximum absolute atomic E-state index is 12.5. The van der Waals surface area contributed by atoms with Crippen LogP contribution in [-0.4, -0.2) is 41.5 Å². The van der Waals surface area contributed by atoms with Crippen LogP contribution in [-0.2, 0) is 4.79 Å². The molecule has 0 saturated carbocycles. The van der Waals surface area contributed by atoms with Crippen LogP contribution in [0.4, 0.5) is 0 Å². The zero-order valence-electron chi connectivity index (χ0n) is 13.8. The topological polar surface area (TPSA) is 69.6 Å². The van der Waals surface area contributed by atoms with E-state index >= 15 is 0 Å². The van der Waals surface area contributed by atoms with Crippen molar-refractivity contribution in [2.24, 2.45) is 0 Å². The average Bonchev–Trinajstić information content (AvgIpc) is 2.60. The number of phenols is 1. The number of likely N-dealkylation sites (tertiary alicyclic amines) is 1. The summed E-state index contributed by atoms with van der Waals surface area (Å²) in [5, 5.41) is 13.5. The predicted octanol–water partition coefficient (Wildman–Crippen LogP) is 3.06. The molecule has 6 heteroatoms. The first-order valence-corrected chi connectivity index (χ1v) is 8.45. The van der Waals surface area contributed by atoms with Crippen molar-refractivity contribution in [3.8, 4) is 16.9 Å². The van der Waals surface area contributed by atoms with Gasteiger partial charge in [0.25, 0.3) is 5.91 Å². The summed E-state index contributed by atoms with van der Waals surface area (Å²) in [6.07, 6.45) is 1.08. The van der Waals surface area contributed by atoms with Crippen molar-refractivity contribution in [3.05, 3.63) is 53.1 Å². The molecule has 1 fully saturated rings. The number of hydrogen-bond donors (Lipinski definition) is 2. The van der Waals surface area contributed by atoms with E-state index < -0.39 is 0 Å². The van der Waals surface area contributed by atoms with Crippen molar-refractivity contribution in [1.29, 1.82) is 0 Å². The van der Waals surface area contributed by atoms with Gasteiger partial charge in [0.15, 0.2) is 0 Å². The van der Waals surface area contributed by atoms with Crippen LogP contribution in [0.1, 0.15) is 23.2 Å². The first kappa shape index (κ1) is 17.3. The number of phenolic OH excluding ortho intramolecular Hbond substituents is 1. The number of nitrogens with zero attached hydrogens (tertiary/aromatic N) is 1. The Morgan fingerprint density at radius 3 is 2.84 bits per heavy atom. The molecule has 2 aromatic carbocycles. The largest absolute Gasteiger partial charge is 0.507 e. The molecule has 2 N–H and O–H groups in total. The van der Waals surface area contributed by atoms with E-state index in [4.69, 9.17) is 11.6 Å². The fourth-order valence-electron chi connectivity index (χ4n) is 2.97. The molecule has 0 bridgehead atoms. The molecule has 3 rings (SSSR count). The van der Waals surface area contributed by atoms with Gasteiger partial charge >= 0.3 is 0 Å². The van der Waals surface area contributed by atoms with Crippen LogP contribution in [0, 0.1) is 0 Å². The molecule has 1 heterocycles. The second-order valence-corrected chi connectivity index (χ2v) is 6.66. The van der Waals surface area contributed by atoms with E-state index in [1.165, 1.54) is 6.07 Å². The number of rotatable bonds is 3. The molecule has 0 aromatic heterocycles. The second kappa shape index (κ2) is 7.15. The lowest BCUT2D eigenvalue weighted by atomic mass is 10.0. The highest BCUT2D eigenvalue weighted by molar-refractivity contribution is 6.31. The lowest BCUT2D eigenvalue weighted by molar-refractivity contribution is -0.132. The maximum atomic E-state index is 12.5. The lowest BCUT2D eigenvalue weighted by Gasteiger charge is -2.30. The molecular formula is C19H19ClN2O3. The van der Waals surface area contributed by atoms with Gasteiger partial charge < -0.3 is 15.3 Å². The molecule has 1 atom stereocenters. The Labute approximate surface area is 151 Å². The Morgan fingerprint density at radius 1 is 1.28 bits per heavy atom. The Hall–Kier alpha value is -2.53. The molecule has 2 amide bonds. The smallest absolute Gasteiger partial charge is 0.251 e. The molecule has 1 saturated heterocycles. The normalized spacial score (nSPS) is 17.4. The van der Waals surface area contributed by atoms with E-state index in [-0.39, 0.29) is 23.6 Å². The maximum Gasteiger partial charge on any atom is 0.251 e. The Bertz CT molecular complexity index is 822. The van der Waals surface area contributed by atoms with Crippen molar-refractivity contribution in [1.82, 2.24) is 10.2 Å². The van der Waals surface area contributed by atoms with E-state index in [9.17, 15) is 14.7 Å². The van der Waals surface area contributed by atoms with Gasteiger partial charge in [-0.15, -0.1) is 0 Å². The van der Waals surface area contributed by atoms with Crippen LogP contribution in [0.5, 0.6) is 5.75 Å². The number of aromatic hydroxyl groups is 1. The van der Waals surface area contributed by atoms with Gasteiger partial charge in [-0.2, -0.15) is 0 Å². The van der Waals surface area contributed by atoms with Crippen molar-refractivity contribution in [3.63, 3.8) is 0 Å². The van der Waals surface area contributed by atoms with E-state index in [1.54, 1.807) is 42.3 Å². The number of halogens is 1. The molecular weight excluding hydrogens is 340 g/mol. The summed E-state index contributed by atoms with van der Waals surface area (Å²) in [5.41, 5.74) is 1.78. The van der Waals surface area contributed by atoms with Gasteiger partial charge in [0.2, 0.25) is 5.91 Å². The van der Waals surface area contributed by atoms with Crippen LogP contribution < -0.4 is 5.32 Å². The summed E-state index contributed by atoms with van der Waals surface area (Å²) in [6, 6.07) is 11.8. The summed E-state index contributed by atoms with van der Waals surface area (Å²) in [7, 11) is 1.74. The average molecular weight is 359 g/mol. The summed E-state index contributed by atoms with van der Waals surface area (Å²) in [6.45, 7) is 0.513. The fraction of sp³-hybridized carbons (Fsp3) is 0.263. The molecule has 0 spiro atoms. The fourth-order valence-corrected chi connectivity index (χ4v) is 3.14. The van der Waals surface area contributed by atoms with Gasteiger partial charge in [-0.1, -0.05) is 23.7 Å². The Kier molecular flexibility index (Phi) is 4.95. The van der Waals surface area contributed by atoms with Crippen LogP contribution in [0.3, 0.4) is 0 Å². The molecule has 25 heavy (non-hydrogen) atoms. The highest BCUT2D eigenvalue weighted by Crippen LogP contribution is 2.32. The molecule has 1 unspecified atom stereocenters. The van der Waals surface area contributed by atoms with Gasteiger partial charge in [-0.25, -0.2) is 0 Å². The number of hydrogen-bond acceptors (Lipinski definition) is 3. The first-order chi connectivity index (χ1) is 11.9. The number of nitrogens with one attached hydrogen (secondary N) is 1. The monoisotopic (exact) mass is 358 g/mol. The van der Waals surface area contributed by atoms with Crippen molar-refractivity contribution in [2.75, 3.05) is 13.6 Å². The van der Waals surface area contributed by atoms with Gasteiger partial charge in [0.05, 0.1) is 0 Å². The third kappa shape index (κ3) is 3.94. The summed E-state index contributed by atoms with van der Waals surface area (Å²) >= 11 is 6.00. The number of piperidine rings is 1. The third-order valence-corrected chi connectivity index (χ3v) is 4.59. The molecule has 0 aliphatic carbocycles. The Morgan fingerprint density at radius 2 is 2.08 bits per heavy atom. The number of benzene rings is 2. The minimum absolute atomic E-state index is 0.0570. The van der Waals surface area contributed by atoms with Crippen LogP contribution in [0.2, 0.25) is 5.02 Å². The molecule has 0 radical (unpaired) electrons. The zero-order valence-corrected chi connectivity index (χ0v) is 14.6. The van der Waals surface area contributed by atoms with Crippen molar-refractivity contribution < 1.29 is 14.7 Å². The molecule has 1 aliphatic rings. The minimum Gasteiger partial charge on any atom is -0.507 e. The van der Waals surface area contributed by atoms with E-state index in [2.05, 4.69) is 5.32 Å². The van der Waals surface area contributed by atoms with Gasteiger partial charge in [-0.3, -0.25) is 9.59 Å². The molecule has 1 aliphatic heterocycles. The standard InChI is InChI=1S/C19H19ClN2O3/c1-22-11-15(6-8-18(22)24)21-19(25)13-4-2-3-12(9-13)16-10-14(20)5-7-17(16)23/h2-5,7,9-10,15,23H,6,8,11H2,1H3,(H,21,25). The number of carbonyl (C=O) groups excluding carboxylic acids is 2. The number of carbonyl (C=O) groups is 2. The quantitative estimate of drug-likeness (QED) is 0.886. The van der Waals surface area contributed by atoms with Crippen LogP contribution in [0.25, 0.3) is 11.1 Å². The lowest BCUT2D eigenvalue weighted by Crippen LogP contribution is -2.48. The Balaban J connectivity index is 1.78. The number of amides is 2. The van der Waals surface area contributed by atoms with Crippen LogP contribution in [0.15, 0.2) is 42.5 Å². The van der Waals surface area contributed by atoms with E-state index in [1.807, 2.05) is 6.07 Å². The van der Waals surface area contributed by atoms with Crippen molar-refractivity contribution in [2.45, 2.75) is 18.9 Å². The number of likely N-dealkylation sites (N-methyl/N-ethyl adjacent to an activating group) is 1.